The molecule has 1 N–H and O–H groups in total. The highest BCUT2D eigenvalue weighted by atomic mass is 32.2. The lowest BCUT2D eigenvalue weighted by Gasteiger charge is -2.28. The van der Waals surface area contributed by atoms with Crippen molar-refractivity contribution in [2.24, 2.45) is 0 Å². The van der Waals surface area contributed by atoms with Crippen molar-refractivity contribution in [3.05, 3.63) is 29.8 Å². The molecule has 1 aromatic rings. The molecule has 1 aliphatic rings. The molecule has 0 aliphatic carbocycles. The van der Waals surface area contributed by atoms with E-state index in [0.717, 1.165) is 18.6 Å². The van der Waals surface area contributed by atoms with E-state index in [2.05, 4.69) is 12.2 Å². The fourth-order valence-corrected chi connectivity index (χ4v) is 3.05. The molecule has 0 amide bonds. The van der Waals surface area contributed by atoms with Crippen LogP contribution in [0.2, 0.25) is 0 Å². The Morgan fingerprint density at radius 3 is 2.52 bits per heavy atom. The van der Waals surface area contributed by atoms with Gasteiger partial charge in [-0.05, 0) is 24.6 Å². The summed E-state index contributed by atoms with van der Waals surface area (Å²) in [4.78, 5) is 0.344. The van der Waals surface area contributed by atoms with Crippen LogP contribution in [-0.2, 0) is 19.3 Å². The maximum Gasteiger partial charge on any atom is 0.175 e. The van der Waals surface area contributed by atoms with Gasteiger partial charge < -0.3 is 14.8 Å². The molecule has 0 saturated carbocycles. The van der Waals surface area contributed by atoms with E-state index in [1.165, 1.54) is 6.26 Å². The van der Waals surface area contributed by atoms with Crippen molar-refractivity contribution >= 4 is 9.84 Å². The number of sulfone groups is 1. The minimum atomic E-state index is -3.14. The molecule has 21 heavy (non-hydrogen) atoms. The van der Waals surface area contributed by atoms with Crippen molar-refractivity contribution in [1.82, 2.24) is 5.32 Å². The highest BCUT2D eigenvalue weighted by Gasteiger charge is 2.34. The first-order valence-corrected chi connectivity index (χ1v) is 8.92. The molecule has 1 fully saturated rings. The lowest BCUT2D eigenvalue weighted by Crippen LogP contribution is -2.43. The predicted octanol–water partition coefficient (Wildman–Crippen LogP) is 1.55. The first-order chi connectivity index (χ1) is 9.86. The number of ether oxygens (including phenoxy) is 2. The molecule has 2 unspecified atom stereocenters. The quantitative estimate of drug-likeness (QED) is 0.863. The smallest absolute Gasteiger partial charge is 0.175 e. The van der Waals surface area contributed by atoms with Gasteiger partial charge in [-0.15, -0.1) is 0 Å². The molecule has 1 aliphatic heterocycles. The average molecular weight is 313 g/mol. The minimum Gasteiger partial charge on any atom is -0.378 e. The molecule has 6 heteroatoms. The van der Waals surface area contributed by atoms with E-state index in [0.29, 0.717) is 18.0 Å². The summed E-state index contributed by atoms with van der Waals surface area (Å²) in [5, 5.41) is 3.44. The van der Waals surface area contributed by atoms with Crippen molar-refractivity contribution in [3.63, 3.8) is 0 Å². The standard InChI is InChI=1S/C15H23NO4S/c1-12(16-10-15(19-2)8-9-20-11-15)13-4-6-14(7-5-13)21(3,17)18/h4-7,12,16H,8-11H2,1-3H3. The fraction of sp³-hybridized carbons (Fsp3) is 0.600. The maximum absolute atomic E-state index is 11.4. The molecule has 5 nitrogen and oxygen atoms in total. The van der Waals surface area contributed by atoms with Crippen LogP contribution in [0.1, 0.15) is 24.9 Å². The topological polar surface area (TPSA) is 64.6 Å². The largest absolute Gasteiger partial charge is 0.378 e. The van der Waals surface area contributed by atoms with E-state index >= 15 is 0 Å². The highest BCUT2D eigenvalue weighted by Crippen LogP contribution is 2.23. The van der Waals surface area contributed by atoms with E-state index in [1.807, 2.05) is 12.1 Å². The summed E-state index contributed by atoms with van der Waals surface area (Å²) >= 11 is 0. The van der Waals surface area contributed by atoms with E-state index in [-0.39, 0.29) is 11.6 Å². The third-order valence-electron chi connectivity index (χ3n) is 4.04. The summed E-state index contributed by atoms with van der Waals surface area (Å²) in [6.07, 6.45) is 2.10. The molecule has 1 heterocycles. The van der Waals surface area contributed by atoms with E-state index < -0.39 is 9.84 Å². The first kappa shape index (κ1) is 16.4. The van der Waals surface area contributed by atoms with Gasteiger partial charge in [0.1, 0.15) is 5.60 Å². The maximum atomic E-state index is 11.4. The fourth-order valence-electron chi connectivity index (χ4n) is 2.42. The van der Waals surface area contributed by atoms with Crippen LogP contribution in [0, 0.1) is 0 Å². The van der Waals surface area contributed by atoms with Gasteiger partial charge in [-0.1, -0.05) is 12.1 Å². The van der Waals surface area contributed by atoms with Crippen LogP contribution in [0.5, 0.6) is 0 Å². The van der Waals surface area contributed by atoms with Gasteiger partial charge in [0.2, 0.25) is 0 Å². The Balaban J connectivity index is 1.98. The monoisotopic (exact) mass is 313 g/mol. The summed E-state index contributed by atoms with van der Waals surface area (Å²) in [5.41, 5.74) is 0.800. The summed E-state index contributed by atoms with van der Waals surface area (Å²) in [6.45, 7) is 4.09. The van der Waals surface area contributed by atoms with Gasteiger partial charge in [-0.3, -0.25) is 0 Å². The van der Waals surface area contributed by atoms with Crippen molar-refractivity contribution in [2.75, 3.05) is 33.1 Å². The Kier molecular flexibility index (Phi) is 5.03. The Morgan fingerprint density at radius 2 is 2.05 bits per heavy atom. The number of hydrogen-bond donors (Lipinski definition) is 1. The van der Waals surface area contributed by atoms with Crippen LogP contribution < -0.4 is 5.32 Å². The zero-order valence-corrected chi connectivity index (χ0v) is 13.6. The number of rotatable bonds is 6. The predicted molar refractivity (Wildman–Crippen MR) is 81.1 cm³/mol. The molecular formula is C15H23NO4S. The minimum absolute atomic E-state index is 0.117. The van der Waals surface area contributed by atoms with Gasteiger partial charge in [0.25, 0.3) is 0 Å². The van der Waals surface area contributed by atoms with Crippen LogP contribution in [0.25, 0.3) is 0 Å². The summed E-state index contributed by atoms with van der Waals surface area (Å²) in [5.74, 6) is 0. The lowest BCUT2D eigenvalue weighted by molar-refractivity contribution is -0.0172. The summed E-state index contributed by atoms with van der Waals surface area (Å²) in [6, 6.07) is 7.10. The molecule has 118 valence electrons. The Hall–Kier alpha value is -0.950. The normalized spacial score (nSPS) is 24.1. The number of methoxy groups -OCH3 is 1. The van der Waals surface area contributed by atoms with Crippen LogP contribution in [0.3, 0.4) is 0 Å². The van der Waals surface area contributed by atoms with Gasteiger partial charge in [0, 0.05) is 39.0 Å². The lowest BCUT2D eigenvalue weighted by atomic mass is 10.0. The van der Waals surface area contributed by atoms with E-state index in [9.17, 15) is 8.42 Å². The van der Waals surface area contributed by atoms with Crippen LogP contribution in [-0.4, -0.2) is 47.1 Å². The van der Waals surface area contributed by atoms with Gasteiger partial charge in [-0.2, -0.15) is 0 Å². The molecule has 2 atom stereocenters. The number of benzene rings is 1. The second-order valence-electron chi connectivity index (χ2n) is 5.63. The summed E-state index contributed by atoms with van der Waals surface area (Å²) < 4.78 is 33.9. The molecule has 0 bridgehead atoms. The van der Waals surface area contributed by atoms with Crippen LogP contribution >= 0.6 is 0 Å². The first-order valence-electron chi connectivity index (χ1n) is 7.03. The van der Waals surface area contributed by atoms with Crippen molar-refractivity contribution in [2.45, 2.75) is 29.9 Å². The SMILES string of the molecule is COC1(CNC(C)c2ccc(S(C)(=O)=O)cc2)CCOC1. The van der Waals surface area contributed by atoms with Gasteiger partial charge >= 0.3 is 0 Å². The Labute approximate surface area is 126 Å². The van der Waals surface area contributed by atoms with E-state index in [4.69, 9.17) is 9.47 Å². The van der Waals surface area contributed by atoms with Crippen LogP contribution in [0.4, 0.5) is 0 Å². The van der Waals surface area contributed by atoms with Crippen molar-refractivity contribution in [1.29, 1.82) is 0 Å². The zero-order chi connectivity index (χ0) is 15.5. The molecule has 2 rings (SSSR count). The Bertz CT molecular complexity index is 562. The highest BCUT2D eigenvalue weighted by molar-refractivity contribution is 7.90. The molecular weight excluding hydrogens is 290 g/mol. The van der Waals surface area contributed by atoms with Gasteiger partial charge in [-0.25, -0.2) is 8.42 Å². The molecule has 1 aromatic carbocycles. The third kappa shape index (κ3) is 4.03. The number of hydrogen-bond acceptors (Lipinski definition) is 5. The molecule has 1 saturated heterocycles. The Morgan fingerprint density at radius 1 is 1.38 bits per heavy atom. The third-order valence-corrected chi connectivity index (χ3v) is 5.17. The van der Waals surface area contributed by atoms with Crippen LogP contribution in [0.15, 0.2) is 29.2 Å². The van der Waals surface area contributed by atoms with Crippen molar-refractivity contribution < 1.29 is 17.9 Å². The summed E-state index contributed by atoms with van der Waals surface area (Å²) in [7, 11) is -1.43. The van der Waals surface area contributed by atoms with Gasteiger partial charge in [0.05, 0.1) is 11.5 Å². The van der Waals surface area contributed by atoms with Crippen molar-refractivity contribution in [3.8, 4) is 0 Å². The molecule has 0 spiro atoms. The number of nitrogens with one attached hydrogen (secondary N) is 1. The van der Waals surface area contributed by atoms with E-state index in [1.54, 1.807) is 19.2 Å². The average Bonchev–Trinajstić information content (AvgIpc) is 2.93. The second kappa shape index (κ2) is 6.44. The van der Waals surface area contributed by atoms with Gasteiger partial charge in [0.15, 0.2) is 9.84 Å². The second-order valence-corrected chi connectivity index (χ2v) is 7.65. The molecule has 0 radical (unpaired) electrons. The zero-order valence-electron chi connectivity index (χ0n) is 12.8. The molecule has 0 aromatic heterocycles.